The summed E-state index contributed by atoms with van der Waals surface area (Å²) in [5, 5.41) is 19.4. The average molecular weight is 293 g/mol. The minimum atomic E-state index is -3.76. The number of tetrazole rings is 1. The number of sulfonamides is 1. The standard InChI is InChI=1S/C11H11N5O3S/c1-16-13-11(12-15-16)14-20(18,19)10-6-4-9(5-7-10)3-2-8-17/h4-7,17H,8H2,1H3,(H,13,14). The molecular weight excluding hydrogens is 282 g/mol. The molecule has 9 heteroatoms. The summed E-state index contributed by atoms with van der Waals surface area (Å²) in [6.07, 6.45) is 0. The first-order valence-electron chi connectivity index (χ1n) is 5.48. The predicted molar refractivity (Wildman–Crippen MR) is 70.0 cm³/mol. The van der Waals surface area contributed by atoms with Gasteiger partial charge in [-0.1, -0.05) is 16.9 Å². The van der Waals surface area contributed by atoms with E-state index in [9.17, 15) is 8.42 Å². The van der Waals surface area contributed by atoms with Crippen molar-refractivity contribution in [2.45, 2.75) is 4.90 Å². The zero-order chi connectivity index (χ0) is 14.6. The van der Waals surface area contributed by atoms with Crippen molar-refractivity contribution < 1.29 is 13.5 Å². The fourth-order valence-electron chi connectivity index (χ4n) is 1.36. The molecule has 0 spiro atoms. The van der Waals surface area contributed by atoms with Crippen molar-refractivity contribution in [2.24, 2.45) is 7.05 Å². The van der Waals surface area contributed by atoms with Crippen molar-refractivity contribution in [2.75, 3.05) is 11.3 Å². The van der Waals surface area contributed by atoms with Gasteiger partial charge in [0.2, 0.25) is 0 Å². The topological polar surface area (TPSA) is 110 Å². The summed E-state index contributed by atoms with van der Waals surface area (Å²) in [6, 6.07) is 5.89. The molecule has 1 heterocycles. The minimum Gasteiger partial charge on any atom is -0.384 e. The van der Waals surface area contributed by atoms with Crippen LogP contribution in [0.4, 0.5) is 5.95 Å². The Hall–Kier alpha value is -2.44. The van der Waals surface area contributed by atoms with Gasteiger partial charge in [0.05, 0.1) is 11.9 Å². The lowest BCUT2D eigenvalue weighted by Crippen LogP contribution is -2.14. The van der Waals surface area contributed by atoms with Gasteiger partial charge >= 0.3 is 0 Å². The molecule has 0 saturated heterocycles. The smallest absolute Gasteiger partial charge is 0.277 e. The average Bonchev–Trinajstić information content (AvgIpc) is 2.81. The van der Waals surface area contributed by atoms with Gasteiger partial charge in [-0.3, -0.25) is 0 Å². The molecular formula is C11H11N5O3S. The second-order valence-corrected chi connectivity index (χ2v) is 5.37. The van der Waals surface area contributed by atoms with Gasteiger partial charge in [0.15, 0.2) is 0 Å². The van der Waals surface area contributed by atoms with Crippen LogP contribution < -0.4 is 4.72 Å². The first-order chi connectivity index (χ1) is 9.51. The molecule has 0 fully saturated rings. The molecule has 104 valence electrons. The van der Waals surface area contributed by atoms with Crippen LogP contribution >= 0.6 is 0 Å². The number of rotatable bonds is 3. The van der Waals surface area contributed by atoms with E-state index in [-0.39, 0.29) is 17.5 Å². The first kappa shape index (κ1) is 14.0. The Morgan fingerprint density at radius 2 is 2.05 bits per heavy atom. The SMILES string of the molecule is Cn1nnc(NS(=O)(=O)c2ccc(C#CCO)cc2)n1. The van der Waals surface area contributed by atoms with Gasteiger partial charge in [-0.25, -0.2) is 13.1 Å². The third-order valence-electron chi connectivity index (χ3n) is 2.21. The molecule has 2 rings (SSSR count). The van der Waals surface area contributed by atoms with Crippen LogP contribution in [0, 0.1) is 11.8 Å². The summed E-state index contributed by atoms with van der Waals surface area (Å²) in [6.45, 7) is -0.250. The normalized spacial score (nSPS) is 10.7. The molecule has 1 aromatic carbocycles. The Balaban J connectivity index is 2.21. The monoisotopic (exact) mass is 293 g/mol. The molecule has 0 amide bonds. The summed E-state index contributed by atoms with van der Waals surface area (Å²) in [7, 11) is -2.24. The predicted octanol–water partition coefficient (Wildman–Crippen LogP) is -0.645. The number of aliphatic hydroxyl groups excluding tert-OH is 1. The Morgan fingerprint density at radius 3 is 2.60 bits per heavy atom. The van der Waals surface area contributed by atoms with E-state index in [1.165, 1.54) is 19.2 Å². The third-order valence-corrected chi connectivity index (χ3v) is 3.55. The minimum absolute atomic E-state index is 0.0551. The highest BCUT2D eigenvalue weighted by Crippen LogP contribution is 2.13. The van der Waals surface area contributed by atoms with E-state index in [2.05, 4.69) is 32.0 Å². The van der Waals surface area contributed by atoms with Crippen molar-refractivity contribution in [3.05, 3.63) is 29.8 Å². The van der Waals surface area contributed by atoms with Gasteiger partial charge in [0.25, 0.3) is 16.0 Å². The Morgan fingerprint density at radius 1 is 1.35 bits per heavy atom. The molecule has 8 nitrogen and oxygen atoms in total. The van der Waals surface area contributed by atoms with Crippen molar-refractivity contribution in [1.29, 1.82) is 0 Å². The summed E-state index contributed by atoms with van der Waals surface area (Å²) < 4.78 is 26.3. The van der Waals surface area contributed by atoms with Crippen LogP contribution in [0.1, 0.15) is 5.56 Å². The van der Waals surface area contributed by atoms with Crippen LogP contribution in [-0.4, -0.2) is 40.3 Å². The van der Waals surface area contributed by atoms with Crippen molar-refractivity contribution >= 4 is 16.0 Å². The molecule has 0 aliphatic rings. The van der Waals surface area contributed by atoms with E-state index >= 15 is 0 Å². The summed E-state index contributed by atoms with van der Waals surface area (Å²) in [5.74, 6) is 5.05. The summed E-state index contributed by atoms with van der Waals surface area (Å²) in [5.41, 5.74) is 0.607. The molecule has 0 saturated carbocycles. The van der Waals surface area contributed by atoms with E-state index in [0.717, 1.165) is 4.80 Å². The molecule has 0 aliphatic carbocycles. The number of nitrogens with one attached hydrogen (secondary N) is 1. The van der Waals surface area contributed by atoms with Crippen LogP contribution in [0.2, 0.25) is 0 Å². The van der Waals surface area contributed by atoms with Gasteiger partial charge in [0, 0.05) is 5.56 Å². The quantitative estimate of drug-likeness (QED) is 0.728. The second kappa shape index (κ2) is 5.68. The fraction of sp³-hybridized carbons (Fsp3) is 0.182. The number of hydrogen-bond acceptors (Lipinski definition) is 6. The van der Waals surface area contributed by atoms with Gasteiger partial charge in [0.1, 0.15) is 6.61 Å². The zero-order valence-electron chi connectivity index (χ0n) is 10.5. The Kier molecular flexibility index (Phi) is 3.97. The maximum absolute atomic E-state index is 12.0. The number of anilines is 1. The van der Waals surface area contributed by atoms with Crippen LogP contribution in [0.25, 0.3) is 0 Å². The third kappa shape index (κ3) is 3.31. The van der Waals surface area contributed by atoms with Crippen LogP contribution in [0.3, 0.4) is 0 Å². The van der Waals surface area contributed by atoms with Crippen molar-refractivity contribution in [3.8, 4) is 11.8 Å². The summed E-state index contributed by atoms with van der Waals surface area (Å²) in [4.78, 5) is 1.20. The van der Waals surface area contributed by atoms with Crippen LogP contribution in [0.15, 0.2) is 29.2 Å². The lowest BCUT2D eigenvalue weighted by molar-refractivity contribution is 0.350. The molecule has 1 aromatic heterocycles. The van der Waals surface area contributed by atoms with Crippen LogP contribution in [-0.2, 0) is 17.1 Å². The van der Waals surface area contributed by atoms with E-state index in [4.69, 9.17) is 5.11 Å². The number of aromatic nitrogens is 4. The van der Waals surface area contributed by atoms with E-state index < -0.39 is 10.0 Å². The van der Waals surface area contributed by atoms with Crippen LogP contribution in [0.5, 0.6) is 0 Å². The largest absolute Gasteiger partial charge is 0.384 e. The molecule has 0 atom stereocenters. The Bertz CT molecular complexity index is 755. The highest BCUT2D eigenvalue weighted by Gasteiger charge is 2.16. The van der Waals surface area contributed by atoms with Crippen molar-refractivity contribution in [3.63, 3.8) is 0 Å². The maximum atomic E-state index is 12.0. The van der Waals surface area contributed by atoms with Gasteiger partial charge in [-0.05, 0) is 29.5 Å². The summed E-state index contributed by atoms with van der Waals surface area (Å²) >= 11 is 0. The fourth-order valence-corrected chi connectivity index (χ4v) is 2.30. The van der Waals surface area contributed by atoms with Gasteiger partial charge < -0.3 is 5.11 Å². The second-order valence-electron chi connectivity index (χ2n) is 3.69. The highest BCUT2D eigenvalue weighted by atomic mass is 32.2. The Labute approximate surface area is 115 Å². The zero-order valence-corrected chi connectivity index (χ0v) is 11.3. The lowest BCUT2D eigenvalue weighted by atomic mass is 10.2. The highest BCUT2D eigenvalue weighted by molar-refractivity contribution is 7.92. The van der Waals surface area contributed by atoms with E-state index in [1.54, 1.807) is 12.1 Å². The number of benzene rings is 1. The first-order valence-corrected chi connectivity index (χ1v) is 6.96. The van der Waals surface area contributed by atoms with Gasteiger partial charge in [-0.15, -0.1) is 5.10 Å². The number of hydrogen-bond donors (Lipinski definition) is 2. The van der Waals surface area contributed by atoms with Crippen molar-refractivity contribution in [1.82, 2.24) is 20.2 Å². The van der Waals surface area contributed by atoms with Gasteiger partial charge in [-0.2, -0.15) is 4.80 Å². The maximum Gasteiger partial charge on any atom is 0.277 e. The number of nitrogens with zero attached hydrogens (tertiary/aromatic N) is 4. The molecule has 2 aromatic rings. The molecule has 0 radical (unpaired) electrons. The molecule has 0 bridgehead atoms. The molecule has 20 heavy (non-hydrogen) atoms. The molecule has 2 N–H and O–H groups in total. The number of aryl methyl sites for hydroxylation is 1. The van der Waals surface area contributed by atoms with E-state index in [0.29, 0.717) is 5.56 Å². The number of aliphatic hydroxyl groups is 1. The molecule has 0 aliphatic heterocycles. The lowest BCUT2D eigenvalue weighted by Gasteiger charge is -2.03. The molecule has 0 unspecified atom stereocenters. The van der Waals surface area contributed by atoms with E-state index in [1.807, 2.05) is 0 Å².